The van der Waals surface area contributed by atoms with Crippen LogP contribution in [0.5, 0.6) is 0 Å². The second-order valence-corrected chi connectivity index (χ2v) is 8.96. The van der Waals surface area contributed by atoms with E-state index in [9.17, 15) is 21.2 Å². The van der Waals surface area contributed by atoms with Gasteiger partial charge in [-0.1, -0.05) is 6.92 Å². The standard InChI is InChI=1S/C12H19FN2O4S2/c1-4-21(18,19)8-9(2)14-10-5-6-11(13)12(7-10)15-20(3,16)17/h5-7,9,14-15H,4,8H2,1-3H3. The minimum Gasteiger partial charge on any atom is -0.382 e. The van der Waals surface area contributed by atoms with Crippen molar-refractivity contribution in [3.63, 3.8) is 0 Å². The molecule has 1 unspecified atom stereocenters. The summed E-state index contributed by atoms with van der Waals surface area (Å²) in [6.07, 6.45) is 0.920. The van der Waals surface area contributed by atoms with Crippen molar-refractivity contribution < 1.29 is 21.2 Å². The Hall–Kier alpha value is -1.35. The Kier molecular flexibility index (Phi) is 5.57. The van der Waals surface area contributed by atoms with Crippen molar-refractivity contribution in [1.29, 1.82) is 0 Å². The number of hydrogen-bond donors (Lipinski definition) is 2. The van der Waals surface area contributed by atoms with Crippen LogP contribution in [-0.4, -0.2) is 40.6 Å². The molecule has 0 heterocycles. The highest BCUT2D eigenvalue weighted by Gasteiger charge is 2.14. The third-order valence-electron chi connectivity index (χ3n) is 2.62. The third kappa shape index (κ3) is 6.30. The number of nitrogens with one attached hydrogen (secondary N) is 2. The van der Waals surface area contributed by atoms with Crippen molar-refractivity contribution in [3.05, 3.63) is 24.0 Å². The lowest BCUT2D eigenvalue weighted by Crippen LogP contribution is -2.26. The van der Waals surface area contributed by atoms with E-state index in [2.05, 4.69) is 10.0 Å². The molecule has 0 bridgehead atoms. The summed E-state index contributed by atoms with van der Waals surface area (Å²) in [5.74, 6) is -0.723. The van der Waals surface area contributed by atoms with Crippen LogP contribution in [0.25, 0.3) is 0 Å². The van der Waals surface area contributed by atoms with Crippen molar-refractivity contribution in [3.8, 4) is 0 Å². The van der Waals surface area contributed by atoms with Gasteiger partial charge in [-0.15, -0.1) is 0 Å². The molecule has 9 heteroatoms. The predicted octanol–water partition coefficient (Wildman–Crippen LogP) is 1.43. The van der Waals surface area contributed by atoms with Gasteiger partial charge in [-0.3, -0.25) is 4.72 Å². The highest BCUT2D eigenvalue weighted by Crippen LogP contribution is 2.21. The fourth-order valence-electron chi connectivity index (χ4n) is 1.72. The van der Waals surface area contributed by atoms with Crippen LogP contribution in [0.15, 0.2) is 18.2 Å². The molecule has 0 aliphatic carbocycles. The first kappa shape index (κ1) is 17.7. The van der Waals surface area contributed by atoms with E-state index in [4.69, 9.17) is 0 Å². The van der Waals surface area contributed by atoms with Crippen LogP contribution in [0.2, 0.25) is 0 Å². The van der Waals surface area contributed by atoms with E-state index in [-0.39, 0.29) is 23.2 Å². The molecule has 0 saturated carbocycles. The van der Waals surface area contributed by atoms with E-state index >= 15 is 0 Å². The largest absolute Gasteiger partial charge is 0.382 e. The predicted molar refractivity (Wildman–Crippen MR) is 82.3 cm³/mol. The molecule has 0 saturated heterocycles. The molecule has 0 aromatic heterocycles. The highest BCUT2D eigenvalue weighted by atomic mass is 32.2. The lowest BCUT2D eigenvalue weighted by Gasteiger charge is -2.16. The number of anilines is 2. The molecule has 1 rings (SSSR count). The molecule has 0 spiro atoms. The summed E-state index contributed by atoms with van der Waals surface area (Å²) in [7, 11) is -6.73. The van der Waals surface area contributed by atoms with Crippen LogP contribution in [-0.2, 0) is 19.9 Å². The van der Waals surface area contributed by atoms with E-state index in [0.29, 0.717) is 5.69 Å². The molecule has 1 atom stereocenters. The highest BCUT2D eigenvalue weighted by molar-refractivity contribution is 7.92. The van der Waals surface area contributed by atoms with Gasteiger partial charge in [0.1, 0.15) is 5.82 Å². The average molecular weight is 338 g/mol. The Bertz CT molecular complexity index is 702. The molecule has 6 nitrogen and oxygen atoms in total. The summed E-state index contributed by atoms with van der Waals surface area (Å²) in [6.45, 7) is 3.24. The number of sulfone groups is 1. The third-order valence-corrected chi connectivity index (χ3v) is 5.10. The summed E-state index contributed by atoms with van der Waals surface area (Å²) in [5, 5.41) is 2.91. The Labute approximate surface area is 124 Å². The lowest BCUT2D eigenvalue weighted by atomic mass is 10.2. The van der Waals surface area contributed by atoms with Gasteiger partial charge in [-0.05, 0) is 25.1 Å². The van der Waals surface area contributed by atoms with Gasteiger partial charge in [-0.25, -0.2) is 21.2 Å². The monoisotopic (exact) mass is 338 g/mol. The van der Waals surface area contributed by atoms with Gasteiger partial charge >= 0.3 is 0 Å². The van der Waals surface area contributed by atoms with Crippen molar-refractivity contribution in [2.24, 2.45) is 0 Å². The molecule has 21 heavy (non-hydrogen) atoms. The minimum atomic E-state index is -3.59. The zero-order valence-corrected chi connectivity index (χ0v) is 13.7. The van der Waals surface area contributed by atoms with E-state index < -0.39 is 25.7 Å². The van der Waals surface area contributed by atoms with Crippen LogP contribution in [0, 0.1) is 5.82 Å². The van der Waals surface area contributed by atoms with Crippen molar-refractivity contribution in [1.82, 2.24) is 0 Å². The molecular weight excluding hydrogens is 319 g/mol. The molecular formula is C12H19FN2O4S2. The first-order valence-corrected chi connectivity index (χ1v) is 9.98. The number of hydrogen-bond acceptors (Lipinski definition) is 5. The number of halogens is 1. The lowest BCUT2D eigenvalue weighted by molar-refractivity contribution is 0.593. The van der Waals surface area contributed by atoms with Gasteiger partial charge in [0, 0.05) is 17.5 Å². The number of benzene rings is 1. The Balaban J connectivity index is 2.88. The van der Waals surface area contributed by atoms with Gasteiger partial charge in [0.05, 0.1) is 17.7 Å². The molecule has 0 fully saturated rings. The minimum absolute atomic E-state index is 0.0450. The van der Waals surface area contributed by atoms with E-state index in [0.717, 1.165) is 12.3 Å². The zero-order valence-electron chi connectivity index (χ0n) is 12.1. The summed E-state index contributed by atoms with van der Waals surface area (Å²) in [5.41, 5.74) is 0.245. The summed E-state index contributed by atoms with van der Waals surface area (Å²) < 4.78 is 60.9. The molecule has 0 amide bonds. The zero-order chi connectivity index (χ0) is 16.3. The van der Waals surface area contributed by atoms with Crippen molar-refractivity contribution >= 4 is 31.2 Å². The molecule has 0 aliphatic heterocycles. The summed E-state index contributed by atoms with van der Waals surface area (Å²) in [4.78, 5) is 0. The maximum absolute atomic E-state index is 13.5. The van der Waals surface area contributed by atoms with Crippen LogP contribution in [0.4, 0.5) is 15.8 Å². The molecule has 1 aromatic carbocycles. The molecule has 0 radical (unpaired) electrons. The number of sulfonamides is 1. The summed E-state index contributed by atoms with van der Waals surface area (Å²) in [6, 6.07) is 3.42. The van der Waals surface area contributed by atoms with Gasteiger partial charge in [0.2, 0.25) is 10.0 Å². The van der Waals surface area contributed by atoms with Crippen LogP contribution in [0.3, 0.4) is 0 Å². The average Bonchev–Trinajstić information content (AvgIpc) is 2.31. The second kappa shape index (κ2) is 6.61. The normalized spacial score (nSPS) is 13.7. The second-order valence-electron chi connectivity index (χ2n) is 4.81. The van der Waals surface area contributed by atoms with Crippen LogP contribution < -0.4 is 10.0 Å². The van der Waals surface area contributed by atoms with Gasteiger partial charge < -0.3 is 5.32 Å². The van der Waals surface area contributed by atoms with Gasteiger partial charge in [0.15, 0.2) is 9.84 Å². The van der Waals surface area contributed by atoms with Gasteiger partial charge in [0.25, 0.3) is 0 Å². The number of rotatable bonds is 7. The molecule has 120 valence electrons. The van der Waals surface area contributed by atoms with Crippen molar-refractivity contribution in [2.45, 2.75) is 19.9 Å². The Morgan fingerprint density at radius 3 is 2.38 bits per heavy atom. The first-order chi connectivity index (χ1) is 9.52. The van der Waals surface area contributed by atoms with Crippen LogP contribution in [0.1, 0.15) is 13.8 Å². The van der Waals surface area contributed by atoms with E-state index in [1.807, 2.05) is 0 Å². The SMILES string of the molecule is CCS(=O)(=O)CC(C)Nc1ccc(F)c(NS(C)(=O)=O)c1. The fraction of sp³-hybridized carbons (Fsp3) is 0.500. The van der Waals surface area contributed by atoms with E-state index in [1.54, 1.807) is 13.8 Å². The molecule has 0 aliphatic rings. The smallest absolute Gasteiger partial charge is 0.229 e. The molecule has 1 aromatic rings. The maximum atomic E-state index is 13.5. The van der Waals surface area contributed by atoms with E-state index in [1.165, 1.54) is 12.1 Å². The van der Waals surface area contributed by atoms with Crippen molar-refractivity contribution in [2.75, 3.05) is 27.8 Å². The fourth-order valence-corrected chi connectivity index (χ4v) is 3.35. The maximum Gasteiger partial charge on any atom is 0.229 e. The molecule has 2 N–H and O–H groups in total. The topological polar surface area (TPSA) is 92.3 Å². The summed E-state index contributed by atoms with van der Waals surface area (Å²) >= 11 is 0. The quantitative estimate of drug-likeness (QED) is 0.785. The van der Waals surface area contributed by atoms with Gasteiger partial charge in [-0.2, -0.15) is 0 Å². The Morgan fingerprint density at radius 2 is 1.86 bits per heavy atom. The van der Waals surface area contributed by atoms with Crippen LogP contribution >= 0.6 is 0 Å². The first-order valence-electron chi connectivity index (χ1n) is 6.26. The Morgan fingerprint density at radius 1 is 1.24 bits per heavy atom.